The molecule has 6 heteroatoms. The highest BCUT2D eigenvalue weighted by molar-refractivity contribution is 9.10. The molecular formula is C17H16BrClN2O2. The molecule has 0 saturated heterocycles. The number of nitrogens with one attached hydrogen (secondary N) is 1. The fourth-order valence-electron chi connectivity index (χ4n) is 2.09. The molecule has 0 heterocycles. The van der Waals surface area contributed by atoms with Crippen molar-refractivity contribution in [3.8, 4) is 0 Å². The summed E-state index contributed by atoms with van der Waals surface area (Å²) in [5, 5.41) is 3.21. The largest absolute Gasteiger partial charge is 0.324 e. The first-order valence-electron chi connectivity index (χ1n) is 6.97. The Morgan fingerprint density at radius 2 is 1.91 bits per heavy atom. The molecule has 0 radical (unpaired) electrons. The smallest absolute Gasteiger partial charge is 0.244 e. The summed E-state index contributed by atoms with van der Waals surface area (Å²) >= 11 is 9.53. The standard InChI is InChI=1S/C17H16BrClN2O2/c1-11-7-8-15(13(18)9-11)20-17(23)10-21(12(2)22)16-6-4-3-5-14(16)19/h3-9H,10H2,1-2H3,(H,20,23). The number of rotatable bonds is 4. The van der Waals surface area contributed by atoms with Crippen molar-refractivity contribution in [2.45, 2.75) is 13.8 Å². The van der Waals surface area contributed by atoms with Crippen LogP contribution >= 0.6 is 27.5 Å². The predicted molar refractivity (Wildman–Crippen MR) is 97.0 cm³/mol. The van der Waals surface area contributed by atoms with E-state index in [-0.39, 0.29) is 18.4 Å². The van der Waals surface area contributed by atoms with E-state index in [0.717, 1.165) is 10.0 Å². The monoisotopic (exact) mass is 394 g/mol. The number of carbonyl (C=O) groups excluding carboxylic acids is 2. The third kappa shape index (κ3) is 4.56. The Labute approximate surface area is 148 Å². The van der Waals surface area contributed by atoms with E-state index in [4.69, 9.17) is 11.6 Å². The zero-order chi connectivity index (χ0) is 17.0. The molecule has 0 fully saturated rings. The van der Waals surface area contributed by atoms with Gasteiger partial charge in [0.15, 0.2) is 0 Å². The van der Waals surface area contributed by atoms with E-state index < -0.39 is 0 Å². The number of nitrogens with zero attached hydrogens (tertiary/aromatic N) is 1. The molecule has 0 aliphatic rings. The van der Waals surface area contributed by atoms with Crippen molar-refractivity contribution in [3.05, 3.63) is 57.5 Å². The number of carbonyl (C=O) groups is 2. The molecular weight excluding hydrogens is 380 g/mol. The van der Waals surface area contributed by atoms with Gasteiger partial charge in [0.05, 0.1) is 16.4 Å². The van der Waals surface area contributed by atoms with E-state index in [0.29, 0.717) is 16.4 Å². The lowest BCUT2D eigenvalue weighted by Gasteiger charge is -2.22. The maximum Gasteiger partial charge on any atom is 0.244 e. The van der Waals surface area contributed by atoms with E-state index in [1.165, 1.54) is 11.8 Å². The number of anilines is 2. The van der Waals surface area contributed by atoms with Crippen LogP contribution in [0.3, 0.4) is 0 Å². The molecule has 0 atom stereocenters. The second kappa shape index (κ2) is 7.62. The Morgan fingerprint density at radius 3 is 2.52 bits per heavy atom. The summed E-state index contributed by atoms with van der Waals surface area (Å²) in [6.07, 6.45) is 0. The van der Waals surface area contributed by atoms with E-state index in [2.05, 4.69) is 21.2 Å². The van der Waals surface area contributed by atoms with Crippen LogP contribution in [0.2, 0.25) is 5.02 Å². The molecule has 2 aromatic carbocycles. The summed E-state index contributed by atoms with van der Waals surface area (Å²) in [4.78, 5) is 25.5. The molecule has 0 aromatic heterocycles. The van der Waals surface area contributed by atoms with Crippen LogP contribution in [0, 0.1) is 6.92 Å². The van der Waals surface area contributed by atoms with Crippen LogP contribution in [0.5, 0.6) is 0 Å². The normalized spacial score (nSPS) is 10.3. The molecule has 2 rings (SSSR count). The van der Waals surface area contributed by atoms with E-state index in [9.17, 15) is 9.59 Å². The van der Waals surface area contributed by atoms with Gasteiger partial charge >= 0.3 is 0 Å². The molecule has 4 nitrogen and oxygen atoms in total. The number of hydrogen-bond donors (Lipinski definition) is 1. The van der Waals surface area contributed by atoms with Crippen LogP contribution < -0.4 is 10.2 Å². The Kier molecular flexibility index (Phi) is 5.80. The number of benzene rings is 2. The molecule has 2 amide bonds. The summed E-state index contributed by atoms with van der Waals surface area (Å²) in [5.74, 6) is -0.555. The summed E-state index contributed by atoms with van der Waals surface area (Å²) in [6, 6.07) is 12.5. The van der Waals surface area contributed by atoms with E-state index in [1.54, 1.807) is 24.3 Å². The van der Waals surface area contributed by atoms with Gasteiger partial charge in [-0.05, 0) is 52.7 Å². The van der Waals surface area contributed by atoms with Gasteiger partial charge in [0.1, 0.15) is 6.54 Å². The SMILES string of the molecule is CC(=O)N(CC(=O)Nc1ccc(C)cc1Br)c1ccccc1Cl. The molecule has 1 N–H and O–H groups in total. The van der Waals surface area contributed by atoms with Crippen molar-refractivity contribution in [2.24, 2.45) is 0 Å². The van der Waals surface area contributed by atoms with Crippen molar-refractivity contribution in [1.82, 2.24) is 0 Å². The molecule has 0 aliphatic carbocycles. The lowest BCUT2D eigenvalue weighted by molar-refractivity contribution is -0.120. The third-order valence-corrected chi connectivity index (χ3v) is 4.20. The lowest BCUT2D eigenvalue weighted by atomic mass is 10.2. The van der Waals surface area contributed by atoms with Crippen LogP contribution in [-0.2, 0) is 9.59 Å². The van der Waals surface area contributed by atoms with Gasteiger partial charge in [-0.2, -0.15) is 0 Å². The van der Waals surface area contributed by atoms with Gasteiger partial charge in [-0.3, -0.25) is 9.59 Å². The summed E-state index contributed by atoms with van der Waals surface area (Å²) in [6.45, 7) is 3.25. The minimum absolute atomic E-state index is 0.112. The second-order valence-electron chi connectivity index (χ2n) is 5.09. The maximum absolute atomic E-state index is 12.3. The molecule has 2 aromatic rings. The number of halogens is 2. The summed E-state index contributed by atoms with van der Waals surface area (Å²) < 4.78 is 0.790. The summed E-state index contributed by atoms with van der Waals surface area (Å²) in [5.41, 5.74) is 2.25. The first-order valence-corrected chi connectivity index (χ1v) is 8.14. The van der Waals surface area contributed by atoms with Crippen molar-refractivity contribution < 1.29 is 9.59 Å². The zero-order valence-electron chi connectivity index (χ0n) is 12.8. The topological polar surface area (TPSA) is 49.4 Å². The minimum Gasteiger partial charge on any atom is -0.324 e. The average Bonchev–Trinajstić information content (AvgIpc) is 2.48. The first-order chi connectivity index (χ1) is 10.9. The van der Waals surface area contributed by atoms with E-state index in [1.807, 2.05) is 25.1 Å². The van der Waals surface area contributed by atoms with Gasteiger partial charge in [0.2, 0.25) is 11.8 Å². The molecule has 0 unspecified atom stereocenters. The van der Waals surface area contributed by atoms with Crippen LogP contribution in [0.4, 0.5) is 11.4 Å². The van der Waals surface area contributed by atoms with Gasteiger partial charge in [-0.25, -0.2) is 0 Å². The van der Waals surface area contributed by atoms with Crippen LogP contribution in [-0.4, -0.2) is 18.4 Å². The zero-order valence-corrected chi connectivity index (χ0v) is 15.1. The minimum atomic E-state index is -0.301. The highest BCUT2D eigenvalue weighted by atomic mass is 79.9. The van der Waals surface area contributed by atoms with Crippen LogP contribution in [0.1, 0.15) is 12.5 Å². The van der Waals surface area contributed by atoms with Crippen molar-refractivity contribution in [1.29, 1.82) is 0 Å². The Balaban J connectivity index is 2.16. The van der Waals surface area contributed by atoms with Gasteiger partial charge in [0, 0.05) is 11.4 Å². The lowest BCUT2D eigenvalue weighted by Crippen LogP contribution is -2.36. The van der Waals surface area contributed by atoms with Gasteiger partial charge in [-0.15, -0.1) is 0 Å². The maximum atomic E-state index is 12.3. The number of amides is 2. The van der Waals surface area contributed by atoms with Crippen LogP contribution in [0.15, 0.2) is 46.9 Å². The predicted octanol–water partition coefficient (Wildman–Crippen LogP) is 4.40. The molecule has 0 aliphatic heterocycles. The van der Waals surface area contributed by atoms with E-state index >= 15 is 0 Å². The van der Waals surface area contributed by atoms with Gasteiger partial charge < -0.3 is 10.2 Å². The molecule has 0 saturated carbocycles. The average molecular weight is 396 g/mol. The van der Waals surface area contributed by atoms with Gasteiger partial charge in [0.25, 0.3) is 0 Å². The third-order valence-electron chi connectivity index (χ3n) is 3.22. The fraction of sp³-hybridized carbons (Fsp3) is 0.176. The summed E-state index contributed by atoms with van der Waals surface area (Å²) in [7, 11) is 0. The quantitative estimate of drug-likeness (QED) is 0.834. The Morgan fingerprint density at radius 1 is 1.22 bits per heavy atom. The van der Waals surface area contributed by atoms with Crippen LogP contribution in [0.25, 0.3) is 0 Å². The Bertz CT molecular complexity index is 749. The number of para-hydroxylation sites is 1. The highest BCUT2D eigenvalue weighted by Gasteiger charge is 2.18. The molecule has 120 valence electrons. The Hall–Kier alpha value is -1.85. The molecule has 0 spiro atoms. The molecule has 0 bridgehead atoms. The fourth-order valence-corrected chi connectivity index (χ4v) is 2.92. The first kappa shape index (κ1) is 17.5. The highest BCUT2D eigenvalue weighted by Crippen LogP contribution is 2.26. The van der Waals surface area contributed by atoms with Crippen molar-refractivity contribution in [2.75, 3.05) is 16.8 Å². The number of aryl methyl sites for hydroxylation is 1. The molecule has 23 heavy (non-hydrogen) atoms. The van der Waals surface area contributed by atoms with Gasteiger partial charge in [-0.1, -0.05) is 29.8 Å². The van der Waals surface area contributed by atoms with Crippen molar-refractivity contribution in [3.63, 3.8) is 0 Å². The number of hydrogen-bond acceptors (Lipinski definition) is 2. The van der Waals surface area contributed by atoms with Crippen molar-refractivity contribution >= 4 is 50.7 Å². The second-order valence-corrected chi connectivity index (χ2v) is 6.35.